The van der Waals surface area contributed by atoms with E-state index in [2.05, 4.69) is 73.6 Å². The summed E-state index contributed by atoms with van der Waals surface area (Å²) >= 11 is 2.36. The average molecular weight is 611 g/mol. The lowest BCUT2D eigenvalue weighted by Gasteiger charge is -2.17. The third-order valence-corrected chi connectivity index (χ3v) is 7.56. The Kier molecular flexibility index (Phi) is 7.32. The fourth-order valence-corrected chi connectivity index (χ4v) is 5.05. The molecular formula is C28H30IN5O3. The number of imidazole rings is 1. The van der Waals surface area contributed by atoms with Crippen molar-refractivity contribution in [1.29, 1.82) is 0 Å². The van der Waals surface area contributed by atoms with Crippen LogP contribution >= 0.6 is 22.6 Å². The molecule has 2 heterocycles. The van der Waals surface area contributed by atoms with Gasteiger partial charge in [0.2, 0.25) is 5.82 Å². The van der Waals surface area contributed by atoms with E-state index in [9.17, 15) is 9.90 Å². The number of hydrogen-bond donors (Lipinski definition) is 2. The van der Waals surface area contributed by atoms with Gasteiger partial charge >= 0.3 is 5.97 Å². The molecular weight excluding hydrogens is 581 g/mol. The van der Waals surface area contributed by atoms with Gasteiger partial charge in [0.1, 0.15) is 17.1 Å². The smallest absolute Gasteiger partial charge is 0.374 e. The van der Waals surface area contributed by atoms with E-state index in [0.717, 1.165) is 39.7 Å². The molecule has 192 valence electrons. The molecule has 1 aliphatic carbocycles. The number of halogens is 1. The number of carbonyl (C=O) groups is 1. The highest BCUT2D eigenvalue weighted by Crippen LogP contribution is 2.37. The molecule has 0 amide bonds. The summed E-state index contributed by atoms with van der Waals surface area (Å²) in [5, 5.41) is 13.2. The van der Waals surface area contributed by atoms with Crippen molar-refractivity contribution in [3.63, 3.8) is 0 Å². The number of aryl methyl sites for hydroxylation is 1. The van der Waals surface area contributed by atoms with Crippen molar-refractivity contribution in [2.24, 2.45) is 5.92 Å². The van der Waals surface area contributed by atoms with Crippen molar-refractivity contribution in [2.45, 2.75) is 50.6 Å². The largest absolute Gasteiger partial charge is 0.493 e. The summed E-state index contributed by atoms with van der Waals surface area (Å²) in [6.07, 6.45) is 2.31. The van der Waals surface area contributed by atoms with Gasteiger partial charge in [0, 0.05) is 17.0 Å². The lowest BCUT2D eigenvalue weighted by Crippen LogP contribution is -2.20. The summed E-state index contributed by atoms with van der Waals surface area (Å²) in [6, 6.07) is 14.7. The van der Waals surface area contributed by atoms with Crippen LogP contribution in [0.4, 0.5) is 5.82 Å². The highest BCUT2D eigenvalue weighted by Gasteiger charge is 2.30. The van der Waals surface area contributed by atoms with Gasteiger partial charge in [-0.05, 0) is 62.8 Å². The zero-order chi connectivity index (χ0) is 26.1. The number of carboxylic acids is 1. The zero-order valence-electron chi connectivity index (χ0n) is 21.2. The van der Waals surface area contributed by atoms with E-state index in [1.165, 1.54) is 5.56 Å². The molecule has 0 bridgehead atoms. The van der Waals surface area contributed by atoms with Crippen molar-refractivity contribution in [1.82, 2.24) is 19.5 Å². The van der Waals surface area contributed by atoms with Gasteiger partial charge in [-0.2, -0.15) is 0 Å². The van der Waals surface area contributed by atoms with Crippen LogP contribution in [0.15, 0.2) is 42.5 Å². The Labute approximate surface area is 229 Å². The first kappa shape index (κ1) is 25.4. The van der Waals surface area contributed by atoms with Crippen molar-refractivity contribution >= 4 is 45.5 Å². The third kappa shape index (κ3) is 5.41. The van der Waals surface area contributed by atoms with E-state index in [1.807, 2.05) is 32.0 Å². The molecule has 5 rings (SSSR count). The molecule has 1 aliphatic rings. The van der Waals surface area contributed by atoms with Crippen LogP contribution in [0.2, 0.25) is 0 Å². The summed E-state index contributed by atoms with van der Waals surface area (Å²) in [5.74, 6) is 0.984. The Morgan fingerprint density at radius 2 is 1.89 bits per heavy atom. The second kappa shape index (κ2) is 10.6. The first-order chi connectivity index (χ1) is 17.9. The zero-order valence-corrected chi connectivity index (χ0v) is 23.3. The number of aromatic nitrogens is 4. The summed E-state index contributed by atoms with van der Waals surface area (Å²) < 4.78 is 9.00. The molecule has 2 aromatic carbocycles. The van der Waals surface area contributed by atoms with Gasteiger partial charge in [0.05, 0.1) is 12.2 Å². The van der Waals surface area contributed by atoms with Crippen molar-refractivity contribution < 1.29 is 14.6 Å². The van der Waals surface area contributed by atoms with E-state index in [0.29, 0.717) is 41.9 Å². The number of anilines is 1. The van der Waals surface area contributed by atoms with E-state index < -0.39 is 5.97 Å². The number of fused-ring (bicyclic) bond motifs is 1. The Balaban J connectivity index is 1.75. The molecule has 0 aliphatic heterocycles. The maximum atomic E-state index is 11.9. The molecule has 37 heavy (non-hydrogen) atoms. The SMILES string of the molecule is CCOc1ccc(C)cc1-c1nc2nc(C(=O)O)nc(N[C@H](C)C3CC3)c2n1Cc1ccc(CI)cc1. The van der Waals surface area contributed by atoms with Crippen molar-refractivity contribution in [3.8, 4) is 17.1 Å². The van der Waals surface area contributed by atoms with Gasteiger partial charge < -0.3 is 19.7 Å². The number of benzene rings is 2. The van der Waals surface area contributed by atoms with Crippen LogP contribution in [0.3, 0.4) is 0 Å². The minimum absolute atomic E-state index is 0.160. The van der Waals surface area contributed by atoms with Gasteiger partial charge in [0.25, 0.3) is 0 Å². The number of nitrogens with one attached hydrogen (secondary N) is 1. The molecule has 2 aromatic heterocycles. The average Bonchev–Trinajstić information content (AvgIpc) is 3.68. The van der Waals surface area contributed by atoms with Crippen LogP contribution in [0.5, 0.6) is 5.75 Å². The molecule has 1 fully saturated rings. The Morgan fingerprint density at radius 1 is 1.16 bits per heavy atom. The van der Waals surface area contributed by atoms with Crippen LogP contribution < -0.4 is 10.1 Å². The van der Waals surface area contributed by atoms with Crippen LogP contribution in [-0.2, 0) is 11.0 Å². The summed E-state index contributed by atoms with van der Waals surface area (Å²) in [6.45, 7) is 7.14. The van der Waals surface area contributed by atoms with Gasteiger partial charge in [-0.25, -0.2) is 19.7 Å². The molecule has 4 aromatic rings. The van der Waals surface area contributed by atoms with Crippen LogP contribution in [0.1, 0.15) is 54.0 Å². The van der Waals surface area contributed by atoms with Crippen molar-refractivity contribution in [2.75, 3.05) is 11.9 Å². The third-order valence-electron chi connectivity index (χ3n) is 6.68. The molecule has 9 heteroatoms. The van der Waals surface area contributed by atoms with Gasteiger partial charge in [-0.1, -0.05) is 58.5 Å². The van der Waals surface area contributed by atoms with Crippen LogP contribution in [0.25, 0.3) is 22.6 Å². The highest BCUT2D eigenvalue weighted by molar-refractivity contribution is 14.1. The number of alkyl halides is 1. The fraction of sp³-hybridized carbons (Fsp3) is 0.357. The quantitative estimate of drug-likeness (QED) is 0.165. The number of carboxylic acid groups (broad SMARTS) is 1. The normalized spacial score (nSPS) is 14.1. The number of aromatic carboxylic acids is 1. The maximum absolute atomic E-state index is 11.9. The lowest BCUT2D eigenvalue weighted by molar-refractivity contribution is 0.0684. The van der Waals surface area contributed by atoms with Crippen LogP contribution in [0, 0.1) is 12.8 Å². The Morgan fingerprint density at radius 3 is 2.54 bits per heavy atom. The summed E-state index contributed by atoms with van der Waals surface area (Å²) in [4.78, 5) is 25.6. The predicted molar refractivity (Wildman–Crippen MR) is 153 cm³/mol. The molecule has 0 saturated heterocycles. The highest BCUT2D eigenvalue weighted by atomic mass is 127. The predicted octanol–water partition coefficient (Wildman–Crippen LogP) is 6.09. The fourth-order valence-electron chi connectivity index (χ4n) is 4.54. The topological polar surface area (TPSA) is 102 Å². The molecule has 0 unspecified atom stereocenters. The van der Waals surface area contributed by atoms with Gasteiger partial charge in [0.15, 0.2) is 11.5 Å². The van der Waals surface area contributed by atoms with E-state index in [-0.39, 0.29) is 11.9 Å². The van der Waals surface area contributed by atoms with E-state index in [4.69, 9.17) is 9.72 Å². The first-order valence-electron chi connectivity index (χ1n) is 12.5. The minimum atomic E-state index is -1.18. The second-order valence-corrected chi connectivity index (χ2v) is 10.3. The monoisotopic (exact) mass is 611 g/mol. The molecule has 0 spiro atoms. The molecule has 2 N–H and O–H groups in total. The van der Waals surface area contributed by atoms with Crippen molar-refractivity contribution in [3.05, 3.63) is 65.0 Å². The molecule has 1 atom stereocenters. The lowest BCUT2D eigenvalue weighted by atomic mass is 10.1. The van der Waals surface area contributed by atoms with Crippen LogP contribution in [-0.4, -0.2) is 43.2 Å². The maximum Gasteiger partial charge on any atom is 0.374 e. The van der Waals surface area contributed by atoms with E-state index >= 15 is 0 Å². The number of rotatable bonds is 10. The summed E-state index contributed by atoms with van der Waals surface area (Å²) in [7, 11) is 0. The first-order valence-corrected chi connectivity index (χ1v) is 14.1. The number of hydrogen-bond acceptors (Lipinski definition) is 6. The molecule has 1 saturated carbocycles. The number of nitrogens with zero attached hydrogens (tertiary/aromatic N) is 4. The van der Waals surface area contributed by atoms with Gasteiger partial charge in [-0.3, -0.25) is 0 Å². The molecule has 0 radical (unpaired) electrons. The standard InChI is InChI=1S/C28H30IN5O3/c1-4-37-22-12-5-16(2)13-21(22)27-33-25-23(34(27)15-19-8-6-18(14-29)7-9-19)24(30-17(3)20-10-11-20)31-26(32-25)28(35)36/h5-9,12-13,17,20H,4,10-11,14-15H2,1-3H3,(H,35,36)(H,30,31,32)/t17-/m1/s1. The molecule has 8 nitrogen and oxygen atoms in total. The number of ether oxygens (including phenoxy) is 1. The van der Waals surface area contributed by atoms with Gasteiger partial charge in [-0.15, -0.1) is 0 Å². The second-order valence-electron chi connectivity index (χ2n) is 9.55. The van der Waals surface area contributed by atoms with E-state index in [1.54, 1.807) is 0 Å². The summed E-state index contributed by atoms with van der Waals surface area (Å²) in [5.41, 5.74) is 5.30. The minimum Gasteiger partial charge on any atom is -0.493 e. The Bertz CT molecular complexity index is 1450. The Hall–Kier alpha value is -3.21.